The lowest BCUT2D eigenvalue weighted by molar-refractivity contribution is -0.166. The van der Waals surface area contributed by atoms with Crippen molar-refractivity contribution in [1.29, 1.82) is 0 Å². The van der Waals surface area contributed by atoms with Crippen LogP contribution in [-0.2, 0) is 32.9 Å². The van der Waals surface area contributed by atoms with E-state index >= 15 is 0 Å². The van der Waals surface area contributed by atoms with Gasteiger partial charge < -0.3 is 14.5 Å². The molecule has 10 nitrogen and oxygen atoms in total. The van der Waals surface area contributed by atoms with E-state index in [1.807, 2.05) is 37.4 Å². The zero-order valence-corrected chi connectivity index (χ0v) is 19.1. The number of amides is 2. The molecule has 2 amide bonds. The summed E-state index contributed by atoms with van der Waals surface area (Å²) in [5, 5.41) is 10.1. The molecular formula is C23H27N5O5. The van der Waals surface area contributed by atoms with Crippen LogP contribution in [0.15, 0.2) is 41.7 Å². The second kappa shape index (κ2) is 7.87. The van der Waals surface area contributed by atoms with Crippen molar-refractivity contribution in [2.75, 3.05) is 6.54 Å². The Morgan fingerprint density at radius 2 is 2.00 bits per heavy atom. The number of nitrogens with zero attached hydrogens (tertiary/aromatic N) is 5. The molecule has 0 aliphatic carbocycles. The highest BCUT2D eigenvalue weighted by Crippen LogP contribution is 2.45. The monoisotopic (exact) mass is 453 g/mol. The number of aryl methyl sites for hydroxylation is 1. The highest BCUT2D eigenvalue weighted by molar-refractivity contribution is 5.98. The van der Waals surface area contributed by atoms with Crippen LogP contribution in [0.2, 0.25) is 0 Å². The number of ether oxygens (including phenoxy) is 1. The summed E-state index contributed by atoms with van der Waals surface area (Å²) in [6.07, 6.45) is 1.17. The molecule has 0 saturated carbocycles. The molecule has 3 atom stereocenters. The lowest BCUT2D eigenvalue weighted by Crippen LogP contribution is -2.40. The molecular weight excluding hydrogens is 426 g/mol. The lowest BCUT2D eigenvalue weighted by atomic mass is 9.93. The number of aromatic nitrogens is 2. The summed E-state index contributed by atoms with van der Waals surface area (Å²) in [7, 11) is 1.83. The predicted molar refractivity (Wildman–Crippen MR) is 117 cm³/mol. The van der Waals surface area contributed by atoms with Crippen molar-refractivity contribution >= 4 is 17.7 Å². The fraction of sp³-hybridized carbons (Fsp3) is 0.478. The van der Waals surface area contributed by atoms with Crippen molar-refractivity contribution in [3.05, 3.63) is 53.3 Å². The summed E-state index contributed by atoms with van der Waals surface area (Å²) >= 11 is 0. The molecule has 2 aromatic rings. The molecule has 4 heterocycles. The Kier molecular flexibility index (Phi) is 5.12. The standard InChI is InChI=1S/C23H27N5O5/c1-23(2,3)32-21(29)18-10-16(25-33-18)20-19-15(11-24-26(19)4)17-12-27(20)22(30)28(17)31-13-14-8-6-5-7-9-14/h5-9,11,17-18,20H,10,12-13H2,1-4H3/t17-,18?,20+/m0/s1. The van der Waals surface area contributed by atoms with Gasteiger partial charge in [-0.25, -0.2) is 9.59 Å². The van der Waals surface area contributed by atoms with Crippen molar-refractivity contribution in [2.24, 2.45) is 12.2 Å². The number of fused-ring (bicyclic) bond motifs is 4. The summed E-state index contributed by atoms with van der Waals surface area (Å²) in [4.78, 5) is 39.0. The van der Waals surface area contributed by atoms with Gasteiger partial charge in [-0.05, 0) is 26.3 Å². The molecule has 1 saturated heterocycles. The number of urea groups is 1. The molecule has 174 valence electrons. The van der Waals surface area contributed by atoms with E-state index in [1.165, 1.54) is 5.06 Å². The minimum absolute atomic E-state index is 0.240. The molecule has 33 heavy (non-hydrogen) atoms. The van der Waals surface area contributed by atoms with Gasteiger partial charge in [-0.15, -0.1) is 0 Å². The van der Waals surface area contributed by atoms with E-state index in [0.29, 0.717) is 12.3 Å². The van der Waals surface area contributed by atoms with Gasteiger partial charge in [-0.3, -0.25) is 9.52 Å². The van der Waals surface area contributed by atoms with Gasteiger partial charge in [0.25, 0.3) is 0 Å². The van der Waals surface area contributed by atoms with Crippen molar-refractivity contribution in [3.63, 3.8) is 0 Å². The molecule has 1 unspecified atom stereocenters. The Bertz CT molecular complexity index is 1110. The van der Waals surface area contributed by atoms with Crippen molar-refractivity contribution in [2.45, 2.75) is 57.6 Å². The SMILES string of the molecule is Cn1ncc2c1[C@@H](C1=NOC(C(=O)OC(C)(C)C)C1)N1C[C@@H]2N(OCc2ccccc2)C1=O. The Morgan fingerprint density at radius 3 is 2.73 bits per heavy atom. The molecule has 3 aliphatic heterocycles. The molecule has 1 aromatic carbocycles. The van der Waals surface area contributed by atoms with Crippen molar-refractivity contribution in [1.82, 2.24) is 19.7 Å². The number of oxime groups is 1. The van der Waals surface area contributed by atoms with Gasteiger partial charge in [0.2, 0.25) is 6.10 Å². The highest BCUT2D eigenvalue weighted by Gasteiger charge is 2.53. The van der Waals surface area contributed by atoms with E-state index in [2.05, 4.69) is 10.3 Å². The first-order chi connectivity index (χ1) is 15.7. The Labute approximate surface area is 191 Å². The quantitative estimate of drug-likeness (QED) is 0.646. The molecule has 3 aliphatic rings. The number of carbonyl (C=O) groups excluding carboxylic acids is 2. The van der Waals surface area contributed by atoms with Gasteiger partial charge in [0.1, 0.15) is 24.3 Å². The van der Waals surface area contributed by atoms with Crippen molar-refractivity contribution in [3.8, 4) is 0 Å². The molecule has 5 rings (SSSR count). The van der Waals surface area contributed by atoms with E-state index in [9.17, 15) is 9.59 Å². The summed E-state index contributed by atoms with van der Waals surface area (Å²) in [5.41, 5.74) is 2.68. The van der Waals surface area contributed by atoms with Gasteiger partial charge >= 0.3 is 12.0 Å². The summed E-state index contributed by atoms with van der Waals surface area (Å²) < 4.78 is 7.19. The van der Waals surface area contributed by atoms with E-state index < -0.39 is 23.7 Å². The average Bonchev–Trinajstić information content (AvgIpc) is 3.46. The first kappa shape index (κ1) is 21.4. The summed E-state index contributed by atoms with van der Waals surface area (Å²) in [6.45, 7) is 6.13. The number of rotatable bonds is 5. The fourth-order valence-corrected chi connectivity index (χ4v) is 4.49. The number of hydroxylamine groups is 2. The van der Waals surface area contributed by atoms with Crippen LogP contribution >= 0.6 is 0 Å². The van der Waals surface area contributed by atoms with Crippen LogP contribution in [0, 0.1) is 0 Å². The number of esters is 1. The maximum atomic E-state index is 13.4. The number of carbonyl (C=O) groups is 2. The Morgan fingerprint density at radius 1 is 1.24 bits per heavy atom. The van der Waals surface area contributed by atoms with E-state index in [0.717, 1.165) is 16.8 Å². The third-order valence-corrected chi connectivity index (χ3v) is 5.92. The van der Waals surface area contributed by atoms with Crippen molar-refractivity contribution < 1.29 is 24.0 Å². The number of benzene rings is 1. The smallest absolute Gasteiger partial charge is 0.351 e. The zero-order chi connectivity index (χ0) is 23.3. The summed E-state index contributed by atoms with van der Waals surface area (Å²) in [5.74, 6) is -0.472. The predicted octanol–water partition coefficient (Wildman–Crippen LogP) is 2.87. The van der Waals surface area contributed by atoms with Crippen LogP contribution in [0.4, 0.5) is 4.79 Å². The normalized spacial score (nSPS) is 23.9. The number of hydrogen-bond acceptors (Lipinski definition) is 7. The highest BCUT2D eigenvalue weighted by atomic mass is 16.7. The maximum absolute atomic E-state index is 13.4. The van der Waals surface area contributed by atoms with E-state index in [1.54, 1.807) is 36.5 Å². The average molecular weight is 453 g/mol. The van der Waals surface area contributed by atoms with Crippen LogP contribution in [-0.4, -0.2) is 55.7 Å². The zero-order valence-electron chi connectivity index (χ0n) is 19.1. The second-order valence-electron chi connectivity index (χ2n) is 9.46. The van der Waals surface area contributed by atoms with Gasteiger partial charge in [0, 0.05) is 19.0 Å². The van der Waals surface area contributed by atoms with E-state index in [4.69, 9.17) is 14.4 Å². The molecule has 10 heteroatoms. The largest absolute Gasteiger partial charge is 0.457 e. The van der Waals surface area contributed by atoms with Gasteiger partial charge in [-0.2, -0.15) is 10.2 Å². The molecule has 0 radical (unpaired) electrons. The van der Waals surface area contributed by atoms with Crippen LogP contribution in [0.25, 0.3) is 0 Å². The first-order valence-electron chi connectivity index (χ1n) is 11.0. The topological polar surface area (TPSA) is 98.5 Å². The van der Waals surface area contributed by atoms with Gasteiger partial charge in [0.05, 0.1) is 24.1 Å². The first-order valence-corrected chi connectivity index (χ1v) is 11.0. The van der Waals surface area contributed by atoms with Gasteiger partial charge in [-0.1, -0.05) is 35.5 Å². The van der Waals surface area contributed by atoms with Crippen LogP contribution < -0.4 is 0 Å². The third kappa shape index (κ3) is 3.84. The molecule has 0 spiro atoms. The minimum Gasteiger partial charge on any atom is -0.457 e. The Hall–Kier alpha value is -3.40. The molecule has 1 fully saturated rings. The lowest BCUT2D eigenvalue weighted by Gasteiger charge is -2.30. The molecule has 2 bridgehead atoms. The third-order valence-electron chi connectivity index (χ3n) is 5.92. The second-order valence-corrected chi connectivity index (χ2v) is 9.46. The maximum Gasteiger partial charge on any atom is 0.351 e. The fourth-order valence-electron chi connectivity index (χ4n) is 4.49. The number of hydrogen-bond donors (Lipinski definition) is 0. The minimum atomic E-state index is -0.836. The van der Waals surface area contributed by atoms with Crippen LogP contribution in [0.5, 0.6) is 0 Å². The van der Waals surface area contributed by atoms with Gasteiger partial charge in [0.15, 0.2) is 0 Å². The Balaban J connectivity index is 1.38. The van der Waals surface area contributed by atoms with E-state index in [-0.39, 0.29) is 25.1 Å². The molecule has 0 N–H and O–H groups in total. The molecule has 1 aromatic heterocycles. The van der Waals surface area contributed by atoms with Crippen LogP contribution in [0.1, 0.15) is 56.1 Å². The summed E-state index contributed by atoms with van der Waals surface area (Å²) in [6, 6.07) is 8.69. The van der Waals surface area contributed by atoms with Crippen LogP contribution in [0.3, 0.4) is 0 Å².